The number of carbonyl (C=O) groups is 2. The molecule has 17 heavy (non-hydrogen) atoms. The average molecular weight is 240 g/mol. The van der Waals surface area contributed by atoms with Crippen molar-refractivity contribution in [3.63, 3.8) is 0 Å². The molecule has 0 spiro atoms. The lowest BCUT2D eigenvalue weighted by Gasteiger charge is -2.09. The van der Waals surface area contributed by atoms with Crippen molar-refractivity contribution in [3.8, 4) is 0 Å². The summed E-state index contributed by atoms with van der Waals surface area (Å²) in [6, 6.07) is 0. The second-order valence-corrected chi connectivity index (χ2v) is 3.48. The fourth-order valence-corrected chi connectivity index (χ4v) is 0.964. The Balaban J connectivity index is 4.67. The lowest BCUT2D eigenvalue weighted by Crippen LogP contribution is -2.16. The standard InChI is InChI=1S/C12H16O5/c1-6-10(9(5)13)8(4)12(15)17-16-11(14)7(2)3/h6,9,13H,1-2H2,3-5H3/b10-8-. The predicted octanol–water partition coefficient (Wildman–Crippen LogP) is 1.45. The summed E-state index contributed by atoms with van der Waals surface area (Å²) in [6.45, 7) is 11.1. The smallest absolute Gasteiger partial charge is 0.382 e. The Labute approximate surface area is 100.0 Å². The first-order valence-electron chi connectivity index (χ1n) is 4.91. The Morgan fingerprint density at radius 2 is 1.71 bits per heavy atom. The second-order valence-electron chi connectivity index (χ2n) is 3.48. The zero-order valence-electron chi connectivity index (χ0n) is 10.1. The highest BCUT2D eigenvalue weighted by Crippen LogP contribution is 2.12. The van der Waals surface area contributed by atoms with Gasteiger partial charge in [-0.2, -0.15) is 0 Å². The van der Waals surface area contributed by atoms with Crippen LogP contribution in [0.3, 0.4) is 0 Å². The molecule has 1 N–H and O–H groups in total. The van der Waals surface area contributed by atoms with Crippen molar-refractivity contribution in [2.75, 3.05) is 0 Å². The molecule has 0 bridgehead atoms. The summed E-state index contributed by atoms with van der Waals surface area (Å²) >= 11 is 0. The summed E-state index contributed by atoms with van der Waals surface area (Å²) in [7, 11) is 0. The van der Waals surface area contributed by atoms with Gasteiger partial charge >= 0.3 is 11.9 Å². The molecule has 0 saturated carbocycles. The molecular formula is C12H16O5. The fraction of sp³-hybridized carbons (Fsp3) is 0.333. The molecule has 0 heterocycles. The van der Waals surface area contributed by atoms with E-state index in [-0.39, 0.29) is 11.1 Å². The Bertz CT molecular complexity index is 376. The minimum absolute atomic E-state index is 0.110. The summed E-state index contributed by atoms with van der Waals surface area (Å²) in [5.74, 6) is -1.70. The van der Waals surface area contributed by atoms with E-state index in [1.165, 1.54) is 26.8 Å². The summed E-state index contributed by atoms with van der Waals surface area (Å²) in [4.78, 5) is 30.9. The van der Waals surface area contributed by atoms with Crippen LogP contribution >= 0.6 is 0 Å². The van der Waals surface area contributed by atoms with E-state index >= 15 is 0 Å². The highest BCUT2D eigenvalue weighted by molar-refractivity contribution is 5.91. The Morgan fingerprint density at radius 1 is 1.24 bits per heavy atom. The van der Waals surface area contributed by atoms with Crippen LogP contribution in [0.2, 0.25) is 0 Å². The van der Waals surface area contributed by atoms with Crippen molar-refractivity contribution in [2.45, 2.75) is 26.9 Å². The highest BCUT2D eigenvalue weighted by Gasteiger charge is 2.16. The maximum Gasteiger partial charge on any atom is 0.382 e. The molecule has 0 rings (SSSR count). The molecular weight excluding hydrogens is 224 g/mol. The summed E-state index contributed by atoms with van der Waals surface area (Å²) in [6.07, 6.45) is 0.471. The van der Waals surface area contributed by atoms with Gasteiger partial charge in [0.25, 0.3) is 0 Å². The molecule has 0 aromatic rings. The molecule has 0 saturated heterocycles. The first-order valence-corrected chi connectivity index (χ1v) is 4.91. The van der Waals surface area contributed by atoms with Gasteiger partial charge in [-0.3, -0.25) is 0 Å². The minimum atomic E-state index is -0.865. The van der Waals surface area contributed by atoms with E-state index in [9.17, 15) is 14.7 Å². The molecule has 0 aliphatic rings. The summed E-state index contributed by atoms with van der Waals surface area (Å²) in [5, 5.41) is 9.34. The average Bonchev–Trinajstić information content (AvgIpc) is 2.25. The molecule has 1 atom stereocenters. The van der Waals surface area contributed by atoms with Crippen LogP contribution < -0.4 is 0 Å². The van der Waals surface area contributed by atoms with Crippen LogP contribution in [0.1, 0.15) is 20.8 Å². The van der Waals surface area contributed by atoms with Gasteiger partial charge in [0.15, 0.2) is 0 Å². The number of hydrogen-bond donors (Lipinski definition) is 1. The molecule has 5 nitrogen and oxygen atoms in total. The van der Waals surface area contributed by atoms with Gasteiger partial charge in [0.2, 0.25) is 0 Å². The Kier molecular flexibility index (Phi) is 5.91. The van der Waals surface area contributed by atoms with Gasteiger partial charge < -0.3 is 5.11 Å². The quantitative estimate of drug-likeness (QED) is 0.348. The molecule has 0 fully saturated rings. The number of hydrogen-bond acceptors (Lipinski definition) is 5. The minimum Gasteiger partial charge on any atom is -0.389 e. The van der Waals surface area contributed by atoms with Crippen LogP contribution in [0.25, 0.3) is 0 Å². The monoisotopic (exact) mass is 240 g/mol. The van der Waals surface area contributed by atoms with E-state index < -0.39 is 18.0 Å². The zero-order chi connectivity index (χ0) is 13.6. The summed E-state index contributed by atoms with van der Waals surface area (Å²) < 4.78 is 0. The van der Waals surface area contributed by atoms with Crippen molar-refractivity contribution in [1.29, 1.82) is 0 Å². The molecule has 0 aliphatic heterocycles. The van der Waals surface area contributed by atoms with E-state index in [0.29, 0.717) is 5.57 Å². The van der Waals surface area contributed by atoms with Crippen molar-refractivity contribution in [1.82, 2.24) is 0 Å². The third-order valence-electron chi connectivity index (χ3n) is 1.95. The maximum absolute atomic E-state index is 11.4. The lowest BCUT2D eigenvalue weighted by molar-refractivity contribution is -0.252. The van der Waals surface area contributed by atoms with Crippen molar-refractivity contribution in [2.24, 2.45) is 0 Å². The van der Waals surface area contributed by atoms with Gasteiger partial charge in [-0.25, -0.2) is 19.4 Å². The third kappa shape index (κ3) is 4.65. The molecule has 94 valence electrons. The predicted molar refractivity (Wildman–Crippen MR) is 61.6 cm³/mol. The van der Waals surface area contributed by atoms with Crippen LogP contribution in [-0.4, -0.2) is 23.1 Å². The highest BCUT2D eigenvalue weighted by atomic mass is 17.2. The normalized spacial score (nSPS) is 13.2. The first kappa shape index (κ1) is 15.1. The molecule has 0 aromatic heterocycles. The van der Waals surface area contributed by atoms with Gasteiger partial charge in [-0.15, -0.1) is 0 Å². The van der Waals surface area contributed by atoms with Crippen LogP contribution in [0.5, 0.6) is 0 Å². The SMILES string of the molecule is C=C/C(=C(\C)C(=O)OOC(=O)C(=C)C)C(C)O. The van der Waals surface area contributed by atoms with E-state index in [2.05, 4.69) is 22.9 Å². The van der Waals surface area contributed by atoms with E-state index in [4.69, 9.17) is 0 Å². The largest absolute Gasteiger partial charge is 0.389 e. The number of aliphatic hydroxyl groups excluding tert-OH is 1. The number of aliphatic hydroxyl groups is 1. The first-order chi connectivity index (χ1) is 7.81. The van der Waals surface area contributed by atoms with Crippen molar-refractivity contribution < 1.29 is 24.5 Å². The van der Waals surface area contributed by atoms with Crippen molar-refractivity contribution >= 4 is 11.9 Å². The fourth-order valence-electron chi connectivity index (χ4n) is 0.964. The third-order valence-corrected chi connectivity index (χ3v) is 1.95. The van der Waals surface area contributed by atoms with E-state index in [0.717, 1.165) is 0 Å². The van der Waals surface area contributed by atoms with Gasteiger partial charge in [-0.1, -0.05) is 19.2 Å². The van der Waals surface area contributed by atoms with Gasteiger partial charge in [0.1, 0.15) is 0 Å². The van der Waals surface area contributed by atoms with Crippen LogP contribution in [0.4, 0.5) is 0 Å². The van der Waals surface area contributed by atoms with Gasteiger partial charge in [-0.05, 0) is 26.3 Å². The Morgan fingerprint density at radius 3 is 2.06 bits per heavy atom. The van der Waals surface area contributed by atoms with Gasteiger partial charge in [0, 0.05) is 11.1 Å². The molecule has 0 amide bonds. The molecule has 0 aromatic carbocycles. The summed E-state index contributed by atoms with van der Waals surface area (Å²) in [5.41, 5.74) is 0.532. The van der Waals surface area contributed by atoms with E-state index in [1.807, 2.05) is 0 Å². The van der Waals surface area contributed by atoms with E-state index in [1.54, 1.807) is 0 Å². The molecule has 0 aliphatic carbocycles. The van der Waals surface area contributed by atoms with Crippen LogP contribution in [-0.2, 0) is 19.4 Å². The second kappa shape index (κ2) is 6.65. The lowest BCUT2D eigenvalue weighted by atomic mass is 10.1. The Hall–Kier alpha value is -1.88. The maximum atomic E-state index is 11.4. The zero-order valence-corrected chi connectivity index (χ0v) is 10.1. The molecule has 5 heteroatoms. The van der Waals surface area contributed by atoms with Crippen molar-refractivity contribution in [3.05, 3.63) is 36.0 Å². The van der Waals surface area contributed by atoms with Crippen LogP contribution in [0, 0.1) is 0 Å². The molecule has 1 unspecified atom stereocenters. The number of rotatable bonds is 4. The topological polar surface area (TPSA) is 72.8 Å². The molecule has 0 radical (unpaired) electrons. The van der Waals surface area contributed by atoms with Crippen LogP contribution in [0.15, 0.2) is 36.0 Å². The number of carbonyl (C=O) groups excluding carboxylic acids is 2. The van der Waals surface area contributed by atoms with Gasteiger partial charge in [0.05, 0.1) is 6.10 Å².